The molecule has 0 aliphatic carbocycles. The average Bonchev–Trinajstić information content (AvgIpc) is 3.13. The van der Waals surface area contributed by atoms with E-state index in [1.807, 2.05) is 13.8 Å². The highest BCUT2D eigenvalue weighted by Crippen LogP contribution is 2.47. The molecule has 0 saturated carbocycles. The lowest BCUT2D eigenvalue weighted by atomic mass is 9.94. The monoisotopic (exact) mass is 536 g/mol. The number of methoxy groups -OCH3 is 3. The molecule has 1 aliphatic rings. The summed E-state index contributed by atoms with van der Waals surface area (Å²) >= 11 is 12.8. The van der Waals surface area contributed by atoms with Gasteiger partial charge in [0, 0.05) is 13.1 Å². The fourth-order valence-corrected chi connectivity index (χ4v) is 5.04. The zero-order valence-electron chi connectivity index (χ0n) is 20.9. The Morgan fingerprint density at radius 1 is 1.03 bits per heavy atom. The zero-order chi connectivity index (χ0) is 26.6. The van der Waals surface area contributed by atoms with Crippen molar-refractivity contribution in [3.05, 3.63) is 57.1 Å². The number of ketones is 1. The lowest BCUT2D eigenvalue weighted by Crippen LogP contribution is -2.38. The van der Waals surface area contributed by atoms with Crippen LogP contribution in [-0.4, -0.2) is 74.1 Å². The molecule has 0 bridgehead atoms. The van der Waals surface area contributed by atoms with Crippen molar-refractivity contribution in [2.24, 2.45) is 0 Å². The Balaban J connectivity index is 2.24. The Labute approximate surface area is 220 Å². The molecule has 1 aliphatic heterocycles. The lowest BCUT2D eigenvalue weighted by Gasteiger charge is -2.28. The summed E-state index contributed by atoms with van der Waals surface area (Å²) < 4.78 is 16.0. The molecular weight excluding hydrogens is 507 g/mol. The van der Waals surface area contributed by atoms with Crippen LogP contribution in [0.15, 0.2) is 35.9 Å². The van der Waals surface area contributed by atoms with E-state index in [0.717, 1.165) is 13.1 Å². The molecule has 1 unspecified atom stereocenters. The molecule has 0 aromatic heterocycles. The summed E-state index contributed by atoms with van der Waals surface area (Å²) in [5.41, 5.74) is 0.589. The van der Waals surface area contributed by atoms with Crippen molar-refractivity contribution in [2.45, 2.75) is 19.9 Å². The molecule has 0 radical (unpaired) electrons. The molecule has 1 N–H and O–H groups in total. The number of likely N-dealkylation sites (N-methyl/N-ethyl adjacent to an activating group) is 1. The van der Waals surface area contributed by atoms with Gasteiger partial charge in [-0.25, -0.2) is 0 Å². The molecule has 0 spiro atoms. The third-order valence-corrected chi connectivity index (χ3v) is 6.92. The van der Waals surface area contributed by atoms with Gasteiger partial charge in [0.15, 0.2) is 11.5 Å². The maximum absolute atomic E-state index is 13.4. The van der Waals surface area contributed by atoms with Crippen molar-refractivity contribution in [3.8, 4) is 17.2 Å². The van der Waals surface area contributed by atoms with E-state index in [2.05, 4.69) is 4.90 Å². The number of likely N-dealkylation sites (tertiary alicyclic amines) is 1. The fourth-order valence-electron chi connectivity index (χ4n) is 4.35. The number of amides is 1. The number of rotatable bonds is 10. The van der Waals surface area contributed by atoms with Crippen molar-refractivity contribution in [2.75, 3.05) is 47.5 Å². The van der Waals surface area contributed by atoms with Crippen LogP contribution in [0.3, 0.4) is 0 Å². The van der Waals surface area contributed by atoms with Crippen LogP contribution in [0.25, 0.3) is 5.76 Å². The smallest absolute Gasteiger partial charge is 0.295 e. The van der Waals surface area contributed by atoms with Crippen LogP contribution in [0.1, 0.15) is 31.0 Å². The van der Waals surface area contributed by atoms with E-state index in [1.165, 1.54) is 32.3 Å². The van der Waals surface area contributed by atoms with Gasteiger partial charge in [0.2, 0.25) is 0 Å². The van der Waals surface area contributed by atoms with Crippen molar-refractivity contribution in [3.63, 3.8) is 0 Å². The van der Waals surface area contributed by atoms with Gasteiger partial charge >= 0.3 is 0 Å². The van der Waals surface area contributed by atoms with Crippen LogP contribution in [0.5, 0.6) is 17.2 Å². The highest BCUT2D eigenvalue weighted by molar-refractivity contribution is 6.47. The third kappa shape index (κ3) is 5.12. The van der Waals surface area contributed by atoms with Gasteiger partial charge in [-0.3, -0.25) is 9.59 Å². The van der Waals surface area contributed by atoms with Gasteiger partial charge in [0.05, 0.1) is 43.5 Å². The predicted molar refractivity (Wildman–Crippen MR) is 139 cm³/mol. The Hall–Kier alpha value is -2.94. The van der Waals surface area contributed by atoms with Crippen molar-refractivity contribution in [1.29, 1.82) is 0 Å². The molecule has 1 amide bonds. The molecule has 194 valence electrons. The Bertz CT molecular complexity index is 1180. The minimum absolute atomic E-state index is 0.0303. The highest BCUT2D eigenvalue weighted by Gasteiger charge is 2.46. The normalized spacial score (nSPS) is 17.1. The van der Waals surface area contributed by atoms with E-state index in [-0.39, 0.29) is 39.2 Å². The molecule has 1 heterocycles. The molecule has 3 rings (SSSR count). The number of aliphatic hydroxyl groups is 1. The number of ether oxygens (including phenoxy) is 3. The molecule has 8 nitrogen and oxygen atoms in total. The van der Waals surface area contributed by atoms with Crippen LogP contribution in [0.4, 0.5) is 0 Å². The molecule has 2 aromatic carbocycles. The first kappa shape index (κ1) is 27.6. The third-order valence-electron chi connectivity index (χ3n) is 6.30. The van der Waals surface area contributed by atoms with Gasteiger partial charge in [0.25, 0.3) is 11.7 Å². The molecule has 36 heavy (non-hydrogen) atoms. The first-order valence-corrected chi connectivity index (χ1v) is 12.2. The standard InChI is InChI=1S/C26H30Cl2N2O6/c1-6-29(7-2)11-12-30-21(15-9-8-10-16(13-15)34-3)19(23(32)26(30)33)22(31)17-14-18(27)25(36-5)20(28)24(17)35-4/h8-10,13-14,21,31H,6-7,11-12H2,1-5H3/b22-19+. The summed E-state index contributed by atoms with van der Waals surface area (Å²) in [5, 5.41) is 11.6. The molecule has 1 fully saturated rings. The predicted octanol–water partition coefficient (Wildman–Crippen LogP) is 4.78. The topological polar surface area (TPSA) is 88.5 Å². The molecule has 2 aromatic rings. The Morgan fingerprint density at radius 3 is 2.28 bits per heavy atom. The summed E-state index contributed by atoms with van der Waals surface area (Å²) in [4.78, 5) is 30.2. The first-order chi connectivity index (χ1) is 17.2. The second kappa shape index (κ2) is 11.9. The number of hydrogen-bond acceptors (Lipinski definition) is 7. The SMILES string of the molecule is CCN(CC)CCN1C(=O)C(=O)/C(=C(/O)c2cc(Cl)c(OC)c(Cl)c2OC)C1c1cccc(OC)c1. The van der Waals surface area contributed by atoms with Gasteiger partial charge < -0.3 is 29.1 Å². The quantitative estimate of drug-likeness (QED) is 0.265. The summed E-state index contributed by atoms with van der Waals surface area (Å²) in [6, 6.07) is 7.58. The average molecular weight is 537 g/mol. The summed E-state index contributed by atoms with van der Waals surface area (Å²) in [6.45, 7) is 6.49. The molecular formula is C26H30Cl2N2O6. The van der Waals surface area contributed by atoms with E-state index in [0.29, 0.717) is 17.9 Å². The van der Waals surface area contributed by atoms with Crippen LogP contribution >= 0.6 is 23.2 Å². The second-order valence-corrected chi connectivity index (χ2v) is 8.87. The van der Waals surface area contributed by atoms with Crippen LogP contribution in [0.2, 0.25) is 10.0 Å². The van der Waals surface area contributed by atoms with Crippen LogP contribution < -0.4 is 14.2 Å². The van der Waals surface area contributed by atoms with E-state index in [4.69, 9.17) is 37.4 Å². The summed E-state index contributed by atoms with van der Waals surface area (Å²) in [6.07, 6.45) is 0. The van der Waals surface area contributed by atoms with Gasteiger partial charge in [0.1, 0.15) is 16.5 Å². The van der Waals surface area contributed by atoms with E-state index < -0.39 is 23.5 Å². The van der Waals surface area contributed by atoms with Gasteiger partial charge in [-0.1, -0.05) is 49.2 Å². The maximum atomic E-state index is 13.4. The summed E-state index contributed by atoms with van der Waals surface area (Å²) in [5.74, 6) is -1.19. The number of Topliss-reactive ketones (excluding diaryl/α,β-unsaturated/α-hetero) is 1. The van der Waals surface area contributed by atoms with E-state index in [9.17, 15) is 14.7 Å². The number of carbonyl (C=O) groups excluding carboxylic acids is 2. The van der Waals surface area contributed by atoms with Crippen molar-refractivity contribution >= 4 is 40.7 Å². The van der Waals surface area contributed by atoms with E-state index >= 15 is 0 Å². The van der Waals surface area contributed by atoms with Crippen molar-refractivity contribution in [1.82, 2.24) is 9.80 Å². The van der Waals surface area contributed by atoms with E-state index in [1.54, 1.807) is 24.3 Å². The molecule has 10 heteroatoms. The number of carbonyl (C=O) groups is 2. The van der Waals surface area contributed by atoms with Crippen molar-refractivity contribution < 1.29 is 28.9 Å². The zero-order valence-corrected chi connectivity index (χ0v) is 22.4. The minimum Gasteiger partial charge on any atom is -0.507 e. The van der Waals surface area contributed by atoms with Gasteiger partial charge in [-0.2, -0.15) is 0 Å². The maximum Gasteiger partial charge on any atom is 0.295 e. The highest BCUT2D eigenvalue weighted by atomic mass is 35.5. The Morgan fingerprint density at radius 2 is 1.69 bits per heavy atom. The minimum atomic E-state index is -0.861. The first-order valence-electron chi connectivity index (χ1n) is 11.5. The van der Waals surface area contributed by atoms with Gasteiger partial charge in [-0.05, 0) is 36.9 Å². The van der Waals surface area contributed by atoms with Gasteiger partial charge in [-0.15, -0.1) is 0 Å². The largest absolute Gasteiger partial charge is 0.507 e. The summed E-state index contributed by atoms with van der Waals surface area (Å²) in [7, 11) is 4.30. The number of benzene rings is 2. The van der Waals surface area contributed by atoms with Crippen LogP contribution in [0, 0.1) is 0 Å². The lowest BCUT2D eigenvalue weighted by molar-refractivity contribution is -0.140. The number of aliphatic hydroxyl groups excluding tert-OH is 1. The molecule has 1 saturated heterocycles. The number of hydrogen-bond donors (Lipinski definition) is 1. The fraction of sp³-hybridized carbons (Fsp3) is 0.385. The second-order valence-electron chi connectivity index (χ2n) is 8.08. The number of halogens is 2. The number of nitrogens with zero attached hydrogens (tertiary/aromatic N) is 2. The van der Waals surface area contributed by atoms with Crippen LogP contribution in [-0.2, 0) is 9.59 Å². The molecule has 1 atom stereocenters. The Kier molecular flexibility index (Phi) is 9.11.